The van der Waals surface area contributed by atoms with Gasteiger partial charge in [0, 0.05) is 31.3 Å². The molecule has 0 N–H and O–H groups in total. The third-order valence-corrected chi connectivity index (χ3v) is 12.0. The van der Waals surface area contributed by atoms with Gasteiger partial charge in [-0.25, -0.2) is 9.97 Å². The van der Waals surface area contributed by atoms with E-state index in [1.807, 2.05) is 23.5 Å². The minimum atomic E-state index is -0.138. The lowest BCUT2D eigenvalue weighted by Gasteiger charge is -2.49. The topological polar surface area (TPSA) is 25.8 Å². The van der Waals surface area contributed by atoms with Gasteiger partial charge < -0.3 is 0 Å². The van der Waals surface area contributed by atoms with E-state index in [0.29, 0.717) is 0 Å². The van der Waals surface area contributed by atoms with Crippen molar-refractivity contribution < 1.29 is 0 Å². The highest BCUT2D eigenvalue weighted by molar-refractivity contribution is 7.25. The Morgan fingerprint density at radius 3 is 1.83 bits per heavy atom. The molecule has 1 aliphatic rings. The number of fused-ring (bicyclic) bond motifs is 7. The number of para-hydroxylation sites is 2. The predicted molar refractivity (Wildman–Crippen MR) is 200 cm³/mol. The molecule has 8 aromatic rings. The Morgan fingerprint density at radius 1 is 0.447 bits per heavy atom. The maximum absolute atomic E-state index is 5.33. The van der Waals surface area contributed by atoms with Gasteiger partial charge in [0.1, 0.15) is 0 Å². The second-order valence-electron chi connectivity index (χ2n) is 13.8. The summed E-state index contributed by atoms with van der Waals surface area (Å²) in [7, 11) is 0. The Hall–Kier alpha value is -5.12. The Morgan fingerprint density at radius 2 is 1.06 bits per heavy atom. The molecule has 0 fully saturated rings. The van der Waals surface area contributed by atoms with Crippen LogP contribution in [0.15, 0.2) is 133 Å². The van der Waals surface area contributed by atoms with Gasteiger partial charge in [0.15, 0.2) is 0 Å². The van der Waals surface area contributed by atoms with Gasteiger partial charge in [0.25, 0.3) is 0 Å². The molecule has 2 nitrogen and oxygen atoms in total. The van der Waals surface area contributed by atoms with Crippen LogP contribution in [-0.2, 0) is 10.8 Å². The lowest BCUT2D eigenvalue weighted by Crippen LogP contribution is -2.43. The summed E-state index contributed by atoms with van der Waals surface area (Å²) in [5.74, 6) is 0. The van der Waals surface area contributed by atoms with E-state index in [2.05, 4.69) is 149 Å². The SMILES string of the molecule is CC1(C)c2cc(-c3nc4ccccc4nc3-c3ccc4c(c3)sc3ccccc34)ccc2-c2c(-c3ccccc3)cccc2C1(C)C. The summed E-state index contributed by atoms with van der Waals surface area (Å²) in [6.07, 6.45) is 0. The number of hydrogen-bond acceptors (Lipinski definition) is 3. The first-order valence-electron chi connectivity index (χ1n) is 16.3. The van der Waals surface area contributed by atoms with E-state index in [4.69, 9.17) is 9.97 Å². The van der Waals surface area contributed by atoms with Crippen LogP contribution >= 0.6 is 11.3 Å². The van der Waals surface area contributed by atoms with Gasteiger partial charge >= 0.3 is 0 Å². The largest absolute Gasteiger partial charge is 0.244 e. The van der Waals surface area contributed by atoms with Crippen LogP contribution in [0.3, 0.4) is 0 Å². The van der Waals surface area contributed by atoms with E-state index in [0.717, 1.165) is 33.5 Å². The van der Waals surface area contributed by atoms with Crippen molar-refractivity contribution in [2.75, 3.05) is 0 Å². The van der Waals surface area contributed by atoms with Gasteiger partial charge in [0.05, 0.1) is 22.4 Å². The van der Waals surface area contributed by atoms with Crippen molar-refractivity contribution in [1.82, 2.24) is 9.97 Å². The average Bonchev–Trinajstić information content (AvgIpc) is 3.48. The molecule has 0 amide bonds. The fraction of sp³-hybridized carbons (Fsp3) is 0.136. The molecule has 9 rings (SSSR count). The first-order chi connectivity index (χ1) is 22.8. The van der Waals surface area contributed by atoms with Crippen LogP contribution < -0.4 is 0 Å². The van der Waals surface area contributed by atoms with Crippen LogP contribution in [0.5, 0.6) is 0 Å². The molecule has 2 aromatic heterocycles. The second-order valence-corrected chi connectivity index (χ2v) is 14.9. The van der Waals surface area contributed by atoms with E-state index in [9.17, 15) is 0 Å². The standard InChI is InChI=1S/C44H34N2S/c1-43(2)34-17-12-16-30(27-13-6-5-7-14-27)40(34)33-24-22-28(25-35(33)44(43,3)4)41-42(46-37-19-10-9-18-36(37)45-41)29-21-23-32-31-15-8-11-20-38(31)47-39(32)26-29/h5-26H,1-4H3. The van der Waals surface area contributed by atoms with E-state index >= 15 is 0 Å². The van der Waals surface area contributed by atoms with Gasteiger partial charge in [-0.05, 0) is 74.5 Å². The molecule has 0 aliphatic heterocycles. The van der Waals surface area contributed by atoms with E-state index in [-0.39, 0.29) is 10.8 Å². The van der Waals surface area contributed by atoms with Gasteiger partial charge in [0.2, 0.25) is 0 Å². The normalized spacial score (nSPS) is 14.7. The number of nitrogens with zero attached hydrogens (tertiary/aromatic N) is 2. The molecule has 0 radical (unpaired) electrons. The smallest absolute Gasteiger partial charge is 0.0973 e. The Balaban J connectivity index is 1.29. The highest BCUT2D eigenvalue weighted by atomic mass is 32.1. The molecule has 0 saturated carbocycles. The maximum Gasteiger partial charge on any atom is 0.0973 e. The summed E-state index contributed by atoms with van der Waals surface area (Å²) in [6.45, 7) is 9.60. The second kappa shape index (κ2) is 10.2. The zero-order chi connectivity index (χ0) is 31.9. The lowest BCUT2D eigenvalue weighted by molar-refractivity contribution is 0.299. The first-order valence-corrected chi connectivity index (χ1v) is 17.2. The van der Waals surface area contributed by atoms with Crippen molar-refractivity contribution in [1.29, 1.82) is 0 Å². The van der Waals surface area contributed by atoms with E-state index in [1.165, 1.54) is 53.6 Å². The van der Waals surface area contributed by atoms with Crippen LogP contribution in [0, 0.1) is 0 Å². The fourth-order valence-electron chi connectivity index (χ4n) is 7.60. The van der Waals surface area contributed by atoms with Crippen molar-refractivity contribution >= 4 is 42.5 Å². The molecule has 0 atom stereocenters. The molecule has 0 saturated heterocycles. The van der Waals surface area contributed by atoms with Crippen LogP contribution in [0.1, 0.15) is 38.8 Å². The van der Waals surface area contributed by atoms with Crippen LogP contribution in [-0.4, -0.2) is 9.97 Å². The number of aromatic nitrogens is 2. The highest BCUT2D eigenvalue weighted by Gasteiger charge is 2.46. The van der Waals surface area contributed by atoms with Gasteiger partial charge in [-0.2, -0.15) is 0 Å². The van der Waals surface area contributed by atoms with E-state index < -0.39 is 0 Å². The summed E-state index contributed by atoms with van der Waals surface area (Å²) in [5.41, 5.74) is 13.5. The molecule has 3 heteroatoms. The minimum absolute atomic E-state index is 0.108. The monoisotopic (exact) mass is 622 g/mol. The Kier molecular flexibility index (Phi) is 6.10. The molecule has 0 unspecified atom stereocenters. The van der Waals surface area contributed by atoms with Crippen LogP contribution in [0.25, 0.3) is 76.0 Å². The van der Waals surface area contributed by atoms with Gasteiger partial charge in [-0.3, -0.25) is 0 Å². The minimum Gasteiger partial charge on any atom is -0.244 e. The number of thiophene rings is 1. The zero-order valence-electron chi connectivity index (χ0n) is 27.0. The fourth-order valence-corrected chi connectivity index (χ4v) is 8.74. The molecule has 1 aliphatic carbocycles. The first kappa shape index (κ1) is 28.1. The molecule has 2 heterocycles. The summed E-state index contributed by atoms with van der Waals surface area (Å²) in [4.78, 5) is 10.6. The average molecular weight is 623 g/mol. The molecule has 0 spiro atoms. The van der Waals surface area contributed by atoms with Crippen LogP contribution in [0.4, 0.5) is 0 Å². The van der Waals surface area contributed by atoms with Crippen molar-refractivity contribution in [3.05, 3.63) is 145 Å². The summed E-state index contributed by atoms with van der Waals surface area (Å²) in [6, 6.07) is 48.3. The molecule has 226 valence electrons. The zero-order valence-corrected chi connectivity index (χ0v) is 27.8. The predicted octanol–water partition coefficient (Wildman–Crippen LogP) is 12.2. The summed E-state index contributed by atoms with van der Waals surface area (Å²) >= 11 is 1.84. The number of hydrogen-bond donors (Lipinski definition) is 0. The molecular formula is C44H34N2S. The van der Waals surface area contributed by atoms with Crippen molar-refractivity contribution in [2.24, 2.45) is 0 Å². The molecule has 47 heavy (non-hydrogen) atoms. The molecule has 0 bridgehead atoms. The van der Waals surface area contributed by atoms with Crippen molar-refractivity contribution in [3.63, 3.8) is 0 Å². The third kappa shape index (κ3) is 4.16. The Labute approximate surface area is 279 Å². The molecular weight excluding hydrogens is 589 g/mol. The summed E-state index contributed by atoms with van der Waals surface area (Å²) < 4.78 is 2.57. The number of benzene rings is 6. The van der Waals surface area contributed by atoms with E-state index in [1.54, 1.807) is 0 Å². The Bertz CT molecular complexity index is 2520. The van der Waals surface area contributed by atoms with Gasteiger partial charge in [-0.1, -0.05) is 131 Å². The molecule has 6 aromatic carbocycles. The number of rotatable bonds is 3. The van der Waals surface area contributed by atoms with Crippen molar-refractivity contribution in [2.45, 2.75) is 38.5 Å². The lowest BCUT2D eigenvalue weighted by atomic mass is 9.54. The van der Waals surface area contributed by atoms with Crippen LogP contribution in [0.2, 0.25) is 0 Å². The van der Waals surface area contributed by atoms with Crippen molar-refractivity contribution in [3.8, 4) is 44.8 Å². The maximum atomic E-state index is 5.33. The summed E-state index contributed by atoms with van der Waals surface area (Å²) in [5, 5.41) is 2.59. The highest BCUT2D eigenvalue weighted by Crippen LogP contribution is 2.56. The quantitative estimate of drug-likeness (QED) is 0.196. The third-order valence-electron chi connectivity index (χ3n) is 10.8. The van der Waals surface area contributed by atoms with Gasteiger partial charge in [-0.15, -0.1) is 11.3 Å².